The molecular weight excluding hydrogens is 1090 g/mol. The number of oxime groups is 1. The molecule has 0 aliphatic carbocycles. The number of methoxy groups -OCH3 is 1. The number of aliphatic hydroxyl groups excluding tert-OH is 2. The quantitative estimate of drug-likeness (QED) is 0.0514. The Hall–Kier alpha value is -4.37. The minimum atomic E-state index is -2.00. The highest BCUT2D eigenvalue weighted by molar-refractivity contribution is 5.93. The van der Waals surface area contributed by atoms with Crippen LogP contribution >= 0.6 is 0 Å². The van der Waals surface area contributed by atoms with Crippen molar-refractivity contribution in [2.75, 3.05) is 79.6 Å². The monoisotopic (exact) mass is 1190 g/mol. The van der Waals surface area contributed by atoms with E-state index in [1.54, 1.807) is 84.4 Å². The van der Waals surface area contributed by atoms with E-state index in [0.717, 1.165) is 18.7 Å². The Balaban J connectivity index is 1.39. The van der Waals surface area contributed by atoms with Gasteiger partial charge in [0.25, 0.3) is 0 Å². The molecule has 0 radical (unpaired) electrons. The van der Waals surface area contributed by atoms with Crippen LogP contribution in [-0.2, 0) is 54.0 Å². The Morgan fingerprint density at radius 2 is 1.58 bits per heavy atom. The fourth-order valence-electron chi connectivity index (χ4n) is 12.6. The number of fused-ring (bicyclic) bond motifs is 1. The van der Waals surface area contributed by atoms with E-state index in [1.165, 1.54) is 20.2 Å². The van der Waals surface area contributed by atoms with Crippen LogP contribution in [0.2, 0.25) is 0 Å². The first-order chi connectivity index (χ1) is 39.4. The second-order valence-corrected chi connectivity index (χ2v) is 24.7. The van der Waals surface area contributed by atoms with Crippen LogP contribution in [0.1, 0.15) is 138 Å². The Morgan fingerprint density at radius 3 is 2.19 bits per heavy atom. The number of likely N-dealkylation sites (N-methyl/N-ethyl adjacent to an activating group) is 2. The summed E-state index contributed by atoms with van der Waals surface area (Å²) in [6.07, 6.45) is -7.49. The maximum Gasteiger partial charge on any atom is 0.341 e. The molecule has 0 bridgehead atoms. The van der Waals surface area contributed by atoms with Gasteiger partial charge >= 0.3 is 17.9 Å². The number of esters is 2. The maximum absolute atomic E-state index is 14.8. The van der Waals surface area contributed by atoms with Gasteiger partial charge < -0.3 is 83.7 Å². The van der Waals surface area contributed by atoms with Crippen LogP contribution in [0.5, 0.6) is 0 Å². The van der Waals surface area contributed by atoms with Crippen molar-refractivity contribution in [1.82, 2.24) is 19.8 Å². The van der Waals surface area contributed by atoms with Crippen LogP contribution in [0.3, 0.4) is 0 Å². The highest BCUT2D eigenvalue weighted by atomic mass is 16.7. The summed E-state index contributed by atoms with van der Waals surface area (Å²) in [7, 11) is 8.74. The molecule has 5 rings (SSSR count). The molecule has 1 aromatic heterocycles. The smallest absolute Gasteiger partial charge is 0.341 e. The maximum atomic E-state index is 14.8. The van der Waals surface area contributed by atoms with Gasteiger partial charge in [-0.25, -0.2) is 4.79 Å². The lowest BCUT2D eigenvalue weighted by molar-refractivity contribution is -0.318. The normalized spacial score (nSPS) is 35.2. The first-order valence-electron chi connectivity index (χ1n) is 30.1. The molecule has 23 heteroatoms. The first kappa shape index (κ1) is 70.4. The van der Waals surface area contributed by atoms with Crippen molar-refractivity contribution >= 4 is 34.5 Å². The van der Waals surface area contributed by atoms with Gasteiger partial charge in [0.05, 0.1) is 59.7 Å². The molecule has 3 fully saturated rings. The Kier molecular flexibility index (Phi) is 25.6. The molecule has 1 aromatic carbocycles. The molecule has 0 amide bonds. The predicted octanol–water partition coefficient (Wildman–Crippen LogP) is 4.31. The fourth-order valence-corrected chi connectivity index (χ4v) is 12.6. The van der Waals surface area contributed by atoms with Crippen LogP contribution in [0.25, 0.3) is 10.9 Å². The lowest BCUT2D eigenvalue weighted by Crippen LogP contribution is -2.61. The van der Waals surface area contributed by atoms with Crippen molar-refractivity contribution in [3.8, 4) is 0 Å². The third-order valence-corrected chi connectivity index (χ3v) is 17.7. The summed E-state index contributed by atoms with van der Waals surface area (Å²) in [5.41, 5.74) is -4.06. The van der Waals surface area contributed by atoms with Crippen LogP contribution in [-0.4, -0.2) is 223 Å². The van der Waals surface area contributed by atoms with Gasteiger partial charge in [0.1, 0.15) is 35.6 Å². The highest BCUT2D eigenvalue weighted by Crippen LogP contribution is 2.42. The van der Waals surface area contributed by atoms with Crippen molar-refractivity contribution in [2.24, 2.45) is 28.8 Å². The minimum absolute atomic E-state index is 0.0142. The van der Waals surface area contributed by atoms with Crippen molar-refractivity contribution in [1.29, 1.82) is 0 Å². The van der Waals surface area contributed by atoms with Crippen molar-refractivity contribution in [3.63, 3.8) is 0 Å². The molecule has 0 saturated carbocycles. The molecule has 18 atom stereocenters. The summed E-state index contributed by atoms with van der Waals surface area (Å²) in [6.45, 7) is 24.5. The van der Waals surface area contributed by atoms with Gasteiger partial charge in [-0.15, -0.1) is 0 Å². The van der Waals surface area contributed by atoms with E-state index in [-0.39, 0.29) is 50.0 Å². The molecule has 3 aliphatic rings. The number of nitrogens with zero attached hydrogens (tertiary/aromatic N) is 5. The number of carboxylic acids is 1. The van der Waals surface area contributed by atoms with Crippen LogP contribution in [0, 0.1) is 23.7 Å². The van der Waals surface area contributed by atoms with E-state index >= 15 is 0 Å². The van der Waals surface area contributed by atoms with Crippen molar-refractivity contribution < 1.29 is 77.9 Å². The van der Waals surface area contributed by atoms with E-state index in [0.29, 0.717) is 55.5 Å². The van der Waals surface area contributed by atoms with E-state index in [1.807, 2.05) is 38.9 Å². The zero-order valence-electron chi connectivity index (χ0n) is 53.0. The highest BCUT2D eigenvalue weighted by Gasteiger charge is 2.54. The van der Waals surface area contributed by atoms with Gasteiger partial charge in [-0.3, -0.25) is 19.1 Å². The molecular formula is C61H102N6O17. The average Bonchev–Trinajstić information content (AvgIpc) is 2.25. The number of nitrogens with one attached hydrogen (secondary N) is 1. The molecule has 0 spiro atoms. The minimum Gasteiger partial charge on any atom is -0.477 e. The molecule has 1 unspecified atom stereocenters. The number of hydrogen-bond donors (Lipinski definition) is 6. The summed E-state index contributed by atoms with van der Waals surface area (Å²) in [4.78, 5) is 63.3. The van der Waals surface area contributed by atoms with Gasteiger partial charge in [-0.1, -0.05) is 52.8 Å². The van der Waals surface area contributed by atoms with Crippen LogP contribution in [0.15, 0.2) is 34.3 Å². The number of ether oxygens (including phenoxy) is 7. The number of carboxylic acid groups (broad SMARTS) is 1. The van der Waals surface area contributed by atoms with Gasteiger partial charge in [-0.05, 0) is 125 Å². The molecule has 4 heterocycles. The van der Waals surface area contributed by atoms with E-state index < -0.39 is 119 Å². The number of pyridine rings is 1. The first-order valence-corrected chi connectivity index (χ1v) is 30.1. The molecule has 23 nitrogen and oxygen atoms in total. The summed E-state index contributed by atoms with van der Waals surface area (Å²) in [5, 5.41) is 68.9. The van der Waals surface area contributed by atoms with E-state index in [4.69, 9.17) is 38.0 Å². The number of aryl methyl sites for hydroxylation is 1. The molecule has 3 aliphatic heterocycles. The molecule has 84 heavy (non-hydrogen) atoms. The number of carbonyl (C=O) groups is 3. The summed E-state index contributed by atoms with van der Waals surface area (Å²) < 4.78 is 46.8. The molecule has 6 N–H and O–H groups in total. The summed E-state index contributed by atoms with van der Waals surface area (Å²) in [5.74, 6) is -6.10. The zero-order valence-corrected chi connectivity index (χ0v) is 53.0. The van der Waals surface area contributed by atoms with Crippen LogP contribution < -0.4 is 15.8 Å². The Bertz CT molecular complexity index is 2560. The second kappa shape index (κ2) is 30.5. The van der Waals surface area contributed by atoms with Crippen LogP contribution in [0.4, 0.5) is 0 Å². The van der Waals surface area contributed by atoms with Gasteiger partial charge in [0.15, 0.2) is 18.7 Å². The Morgan fingerprint density at radius 1 is 0.905 bits per heavy atom. The number of aromatic carboxylic acids is 1. The van der Waals surface area contributed by atoms with Gasteiger partial charge in [-0.2, -0.15) is 0 Å². The third-order valence-electron chi connectivity index (χ3n) is 17.7. The summed E-state index contributed by atoms with van der Waals surface area (Å²) in [6, 6.07) is 5.07. The zero-order chi connectivity index (χ0) is 62.8. The number of cyclic esters (lactones) is 1. The largest absolute Gasteiger partial charge is 0.477 e. The van der Waals surface area contributed by atoms with Crippen molar-refractivity contribution in [2.45, 2.75) is 212 Å². The Labute approximate surface area is 497 Å². The van der Waals surface area contributed by atoms with Gasteiger partial charge in [0.2, 0.25) is 5.43 Å². The second-order valence-electron chi connectivity index (χ2n) is 24.7. The van der Waals surface area contributed by atoms with Gasteiger partial charge in [0, 0.05) is 76.1 Å². The lowest BCUT2D eigenvalue weighted by atomic mass is 9.73. The number of benzene rings is 1. The summed E-state index contributed by atoms with van der Waals surface area (Å²) >= 11 is 0. The molecule has 3 saturated heterocycles. The standard InChI is InChI=1S/C61H102N6O17/c1-18-46-61(12,76)53(71)37(6)49(63-78-29-28-66(19-2)20-3)35(4)32-59(10,75)54(84-58-51(70)45(64(13)14)30-36(5)79-58)38(7)52(39(8)57(74)81-46)83-48-33-60(11,77-17)55(40(9)80-48)82-47(68)25-27-62-26-21-22-41-23-24-44-42(31-41)50(69)43(56(72)73)34-67(44)65(15)16/h23-24,31,34-40,45-46,48,51-55,58,62,70-71,75-76H,18-22,25-30,32-33H2,1-17H3,(H,72,73)/t35-,36-,37?,38+,39-,40+,45+,46-,48+,51-,52+,53-,54-,55+,58+,59-,60-,61-/m1/s1. The average molecular weight is 1190 g/mol. The number of rotatable bonds is 23. The number of aromatic nitrogens is 1. The SMILES string of the molecule is CC[C@H]1OC(=O)[C@H](C)[C@@H](O[C@H]2C[C@@](C)(OC)[C@@H](OC(=O)CCNCCCc3ccc4c(c3)c(=O)c(C(=O)O)cn4N(C)C)[C@H](C)O2)[C@H](C)[C@@H](O[C@@H]2O[C@H](C)C[C@H](N(C)C)[C@H]2O)[C@](C)(O)C[C@@H](C)C(=NOCCN(CC)CC)C(C)[C@@H](O)[C@]1(C)O. The topological polar surface area (TPSA) is 282 Å². The number of carbonyl (C=O) groups excluding carboxylic acids is 2. The number of aliphatic hydroxyl groups is 4. The number of hydrogen-bond acceptors (Lipinski definition) is 21. The van der Waals surface area contributed by atoms with E-state index in [9.17, 15) is 44.7 Å². The van der Waals surface area contributed by atoms with Crippen molar-refractivity contribution in [3.05, 3.63) is 45.7 Å². The van der Waals surface area contributed by atoms with E-state index in [2.05, 4.69) is 29.2 Å². The third kappa shape index (κ3) is 17.0. The lowest BCUT2D eigenvalue weighted by Gasteiger charge is -2.49. The predicted molar refractivity (Wildman–Crippen MR) is 317 cm³/mol. The molecule has 478 valence electrons. The molecule has 2 aromatic rings. The fraction of sp³-hybridized carbons (Fsp3) is 0.787.